The Hall–Kier alpha value is -0.180. The molecule has 2 aromatic rings. The van der Waals surface area contributed by atoms with E-state index in [4.69, 9.17) is 21.3 Å². The smallest absolute Gasteiger partial charge is 0.118 e. The molecule has 1 saturated heterocycles. The molecule has 0 unspecified atom stereocenters. The second kappa shape index (κ2) is 6.52. The minimum Gasteiger partial charge on any atom is -0.497 e. The van der Waals surface area contributed by atoms with E-state index in [1.165, 1.54) is 10.6 Å². The Labute approximate surface area is 138 Å². The van der Waals surface area contributed by atoms with Gasteiger partial charge in [-0.1, -0.05) is 33.8 Å². The second-order valence-corrected chi connectivity index (χ2v) is 21.0. The largest absolute Gasteiger partial charge is 0.497 e. The summed E-state index contributed by atoms with van der Waals surface area (Å²) in [4.78, 5) is 0. The maximum atomic E-state index is 5.89. The molecule has 0 N–H and O–H groups in total. The summed E-state index contributed by atoms with van der Waals surface area (Å²) in [6.07, 6.45) is -0.241. The lowest BCUT2D eigenvalue weighted by atomic mass is 10.3. The van der Waals surface area contributed by atoms with Crippen molar-refractivity contribution >= 4 is 55.2 Å². The van der Waals surface area contributed by atoms with Crippen LogP contribution >= 0.6 is 32.8 Å². The van der Waals surface area contributed by atoms with Crippen molar-refractivity contribution in [3.8, 4) is 11.5 Å². The summed E-state index contributed by atoms with van der Waals surface area (Å²) in [5.41, 5.74) is 0. The van der Waals surface area contributed by atoms with Gasteiger partial charge in [-0.25, -0.2) is 0 Å². The average molecular weight is 372 g/mol. The minimum absolute atomic E-state index is 0.241. The Morgan fingerprint density at radius 2 is 1.33 bits per heavy atom. The van der Waals surface area contributed by atoms with Gasteiger partial charge in [0.25, 0.3) is 0 Å². The Morgan fingerprint density at radius 3 is 1.81 bits per heavy atom. The van der Waals surface area contributed by atoms with E-state index < -0.39 is 4.44 Å². The molecule has 2 nitrogen and oxygen atoms in total. The van der Waals surface area contributed by atoms with Gasteiger partial charge in [-0.3, -0.25) is 0 Å². The fourth-order valence-corrected chi connectivity index (χ4v) is 27.8. The molecule has 2 aromatic carbocycles. The van der Waals surface area contributed by atoms with E-state index in [9.17, 15) is 0 Å². The molecule has 1 heterocycles. The molecule has 0 radical (unpaired) electrons. The van der Waals surface area contributed by atoms with Gasteiger partial charge in [-0.15, -0.1) is 0 Å². The van der Waals surface area contributed by atoms with E-state index in [0.717, 1.165) is 11.5 Å². The molecular formula is C14H14O2P2S3. The Morgan fingerprint density at radius 1 is 0.857 bits per heavy atom. The van der Waals surface area contributed by atoms with Crippen LogP contribution in [-0.2, 0) is 11.8 Å². The predicted octanol–water partition coefficient (Wildman–Crippen LogP) is 4.76. The maximum Gasteiger partial charge on any atom is 0.118 e. The molecule has 1 aliphatic heterocycles. The predicted molar refractivity (Wildman–Crippen MR) is 102 cm³/mol. The van der Waals surface area contributed by atoms with Crippen LogP contribution in [0.4, 0.5) is 0 Å². The first-order valence-electron chi connectivity index (χ1n) is 6.23. The van der Waals surface area contributed by atoms with Gasteiger partial charge in [-0.05, 0) is 53.8 Å². The molecule has 7 heteroatoms. The first-order chi connectivity index (χ1) is 10.1. The third kappa shape index (κ3) is 3.28. The molecule has 0 spiro atoms. The molecule has 1 fully saturated rings. The van der Waals surface area contributed by atoms with Gasteiger partial charge in [0.15, 0.2) is 0 Å². The lowest BCUT2D eigenvalue weighted by Gasteiger charge is -2.37. The van der Waals surface area contributed by atoms with E-state index in [2.05, 4.69) is 24.3 Å². The van der Waals surface area contributed by atoms with Crippen molar-refractivity contribution in [3.05, 3.63) is 48.5 Å². The minimum atomic E-state index is -1.51. The van der Waals surface area contributed by atoms with E-state index in [1.54, 1.807) is 14.2 Å². The number of methoxy groups -OCH3 is 2. The van der Waals surface area contributed by atoms with Crippen LogP contribution in [-0.4, -0.2) is 14.2 Å². The highest BCUT2D eigenvalue weighted by molar-refractivity contribution is 9.43. The molecule has 1 aliphatic rings. The van der Waals surface area contributed by atoms with E-state index in [1.807, 2.05) is 46.3 Å². The van der Waals surface area contributed by atoms with Crippen molar-refractivity contribution in [3.63, 3.8) is 0 Å². The van der Waals surface area contributed by atoms with Crippen molar-refractivity contribution < 1.29 is 9.47 Å². The molecule has 21 heavy (non-hydrogen) atoms. The van der Waals surface area contributed by atoms with E-state index >= 15 is 0 Å². The van der Waals surface area contributed by atoms with Crippen molar-refractivity contribution in [1.82, 2.24) is 0 Å². The van der Waals surface area contributed by atoms with Crippen LogP contribution in [0.25, 0.3) is 0 Å². The van der Waals surface area contributed by atoms with Crippen molar-refractivity contribution in [2.24, 2.45) is 0 Å². The molecule has 0 aliphatic carbocycles. The molecule has 0 aromatic heterocycles. The quantitative estimate of drug-likeness (QED) is 0.719. The fraction of sp³-hybridized carbons (Fsp3) is 0.143. The van der Waals surface area contributed by atoms with Gasteiger partial charge >= 0.3 is 0 Å². The topological polar surface area (TPSA) is 18.5 Å². The van der Waals surface area contributed by atoms with Crippen LogP contribution in [0.15, 0.2) is 48.5 Å². The molecule has 3 rings (SSSR count). The number of hydrogen-bond acceptors (Lipinski definition) is 5. The summed E-state index contributed by atoms with van der Waals surface area (Å²) in [7, 11) is 3.38. The highest BCUT2D eigenvalue weighted by Gasteiger charge is 2.40. The SMILES string of the molecule is COc1ccc(P2SP(=S)(c3ccc(OC)cc3)S2)cc1. The zero-order valence-electron chi connectivity index (χ0n) is 11.6. The monoisotopic (exact) mass is 372 g/mol. The number of ether oxygens (including phenoxy) is 2. The number of rotatable bonds is 4. The zero-order chi connectivity index (χ0) is 14.9. The summed E-state index contributed by atoms with van der Waals surface area (Å²) in [5, 5.41) is 2.65. The van der Waals surface area contributed by atoms with Gasteiger partial charge in [0.1, 0.15) is 11.5 Å². The Bertz CT molecular complexity index is 664. The Balaban J connectivity index is 1.71. The summed E-state index contributed by atoms with van der Waals surface area (Å²) in [5.74, 6) is 1.78. The van der Waals surface area contributed by atoms with Crippen molar-refractivity contribution in [2.75, 3.05) is 14.2 Å². The first-order valence-corrected chi connectivity index (χ1v) is 14.4. The van der Waals surface area contributed by atoms with Crippen molar-refractivity contribution in [2.45, 2.75) is 0 Å². The lowest BCUT2D eigenvalue weighted by molar-refractivity contribution is 0.415. The molecule has 0 saturated carbocycles. The van der Waals surface area contributed by atoms with Gasteiger partial charge in [0.2, 0.25) is 0 Å². The summed E-state index contributed by atoms with van der Waals surface area (Å²) >= 11 is 9.85. The van der Waals surface area contributed by atoms with Gasteiger partial charge in [0, 0.05) is 5.30 Å². The normalized spacial score (nSPS) is 24.2. The zero-order valence-corrected chi connectivity index (χ0v) is 15.8. The van der Waals surface area contributed by atoms with Crippen molar-refractivity contribution in [1.29, 1.82) is 0 Å². The van der Waals surface area contributed by atoms with Crippen LogP contribution < -0.4 is 20.1 Å². The summed E-state index contributed by atoms with van der Waals surface area (Å²) in [6, 6.07) is 16.6. The van der Waals surface area contributed by atoms with Gasteiger partial charge in [-0.2, -0.15) is 0 Å². The third-order valence-corrected chi connectivity index (χ3v) is 28.1. The van der Waals surface area contributed by atoms with Gasteiger partial charge < -0.3 is 9.47 Å². The second-order valence-electron chi connectivity index (χ2n) is 4.31. The average Bonchev–Trinajstić information content (AvgIpc) is 2.52. The molecule has 110 valence electrons. The lowest BCUT2D eigenvalue weighted by Crippen LogP contribution is -2.06. The standard InChI is InChI=1S/C14H14O2P2S3/c1-15-11-3-7-13(8-4-11)17-20-18(19,21-17)14-9-5-12(16-2)6-10-14/h3-10H,1-2H3. The molecule has 0 amide bonds. The maximum absolute atomic E-state index is 5.89. The van der Waals surface area contributed by atoms with Crippen LogP contribution in [0, 0.1) is 0 Å². The van der Waals surface area contributed by atoms with Gasteiger partial charge in [0.05, 0.1) is 25.0 Å². The third-order valence-electron chi connectivity index (χ3n) is 3.04. The highest BCUT2D eigenvalue weighted by atomic mass is 33.7. The summed E-state index contributed by atoms with van der Waals surface area (Å²) < 4.78 is 8.90. The number of hydrogen-bond donors (Lipinski definition) is 0. The highest BCUT2D eigenvalue weighted by Crippen LogP contribution is 2.99. The van der Waals surface area contributed by atoms with E-state index in [0.29, 0.717) is 0 Å². The molecular weight excluding hydrogens is 358 g/mol. The molecule has 0 bridgehead atoms. The van der Waals surface area contributed by atoms with Crippen LogP contribution in [0.2, 0.25) is 0 Å². The Kier molecular flexibility index (Phi) is 4.87. The van der Waals surface area contributed by atoms with Crippen LogP contribution in [0.5, 0.6) is 11.5 Å². The summed E-state index contributed by atoms with van der Waals surface area (Å²) in [6.45, 7) is 0. The molecule has 0 atom stereocenters. The number of benzene rings is 2. The van der Waals surface area contributed by atoms with Crippen LogP contribution in [0.1, 0.15) is 0 Å². The van der Waals surface area contributed by atoms with E-state index in [-0.39, 0.29) is 6.33 Å². The first kappa shape index (κ1) is 15.7. The fourth-order valence-electron chi connectivity index (χ4n) is 1.86. The van der Waals surface area contributed by atoms with Crippen LogP contribution in [0.3, 0.4) is 0 Å².